The number of carbonyl (C=O) groups excluding carboxylic acids is 3. The van der Waals surface area contributed by atoms with Gasteiger partial charge in [-0.05, 0) is 60.2 Å². The molecule has 0 aromatic heterocycles. The topological polar surface area (TPSA) is 66.5 Å². The number of anilines is 2. The molecule has 0 bridgehead atoms. The van der Waals surface area contributed by atoms with Crippen LogP contribution in [0.4, 0.5) is 15.8 Å². The summed E-state index contributed by atoms with van der Waals surface area (Å²) in [4.78, 5) is 38.6. The van der Waals surface area contributed by atoms with Crippen LogP contribution in [-0.4, -0.2) is 17.6 Å². The molecule has 0 aliphatic carbocycles. The number of amides is 2. The number of nitrogens with zero attached hydrogens (tertiary/aromatic N) is 1. The highest BCUT2D eigenvalue weighted by atomic mass is 35.5. The smallest absolute Gasteiger partial charge is 0.299 e. The third-order valence-electron chi connectivity index (χ3n) is 4.66. The van der Waals surface area contributed by atoms with E-state index >= 15 is 0 Å². The number of carbonyl (C=O) groups is 3. The van der Waals surface area contributed by atoms with Crippen LogP contribution in [0.3, 0.4) is 0 Å². The van der Waals surface area contributed by atoms with Gasteiger partial charge in [0.05, 0.1) is 27.8 Å². The van der Waals surface area contributed by atoms with Crippen LogP contribution >= 0.6 is 23.2 Å². The Balaban J connectivity index is 1.58. The van der Waals surface area contributed by atoms with Gasteiger partial charge in [-0.2, -0.15) is 0 Å². The molecule has 1 N–H and O–H groups in total. The largest absolute Gasteiger partial charge is 0.322 e. The van der Waals surface area contributed by atoms with Gasteiger partial charge in [-0.25, -0.2) is 4.39 Å². The van der Waals surface area contributed by atoms with Crippen molar-refractivity contribution in [1.29, 1.82) is 0 Å². The Kier molecular flexibility index (Phi) is 5.28. The first-order valence-corrected chi connectivity index (χ1v) is 9.60. The molecular weight excluding hydrogens is 430 g/mol. The average Bonchev–Trinajstić information content (AvgIpc) is 2.96. The minimum atomic E-state index is -0.668. The zero-order chi connectivity index (χ0) is 21.4. The summed E-state index contributed by atoms with van der Waals surface area (Å²) in [6, 6.07) is 14.7. The van der Waals surface area contributed by atoms with E-state index in [1.807, 2.05) is 0 Å². The molecule has 0 unspecified atom stereocenters. The average molecular weight is 443 g/mol. The van der Waals surface area contributed by atoms with Gasteiger partial charge in [-0.3, -0.25) is 14.4 Å². The lowest BCUT2D eigenvalue weighted by Crippen LogP contribution is -2.29. The van der Waals surface area contributed by atoms with Crippen molar-refractivity contribution in [3.63, 3.8) is 0 Å². The number of hydrogen-bond acceptors (Lipinski definition) is 3. The van der Waals surface area contributed by atoms with E-state index in [9.17, 15) is 18.8 Å². The van der Waals surface area contributed by atoms with Gasteiger partial charge in [-0.1, -0.05) is 29.3 Å². The van der Waals surface area contributed by atoms with Crippen LogP contribution < -0.4 is 10.2 Å². The second-order valence-electron chi connectivity index (χ2n) is 6.66. The number of Topliss-reactive ketones (excluding diaryl/α,β-unsaturated/α-hetero) is 1. The van der Waals surface area contributed by atoms with E-state index < -0.39 is 23.4 Å². The van der Waals surface area contributed by atoms with E-state index in [1.165, 1.54) is 35.2 Å². The maximum Gasteiger partial charge on any atom is 0.299 e. The highest BCUT2D eigenvalue weighted by molar-refractivity contribution is 6.52. The summed E-state index contributed by atoms with van der Waals surface area (Å²) in [7, 11) is 0. The number of hydrogen-bond donors (Lipinski definition) is 1. The number of ketones is 1. The van der Waals surface area contributed by atoms with Crippen LogP contribution in [-0.2, 0) is 11.3 Å². The van der Waals surface area contributed by atoms with Gasteiger partial charge in [0.1, 0.15) is 5.82 Å². The van der Waals surface area contributed by atoms with E-state index in [2.05, 4.69) is 5.32 Å². The molecule has 3 aromatic rings. The van der Waals surface area contributed by atoms with Crippen molar-refractivity contribution in [3.8, 4) is 0 Å². The second kappa shape index (κ2) is 7.89. The van der Waals surface area contributed by atoms with E-state index in [0.29, 0.717) is 27.0 Å². The van der Waals surface area contributed by atoms with Gasteiger partial charge in [0, 0.05) is 11.3 Å². The molecule has 3 aromatic carbocycles. The Labute approximate surface area is 181 Å². The lowest BCUT2D eigenvalue weighted by atomic mass is 10.1. The van der Waals surface area contributed by atoms with Crippen molar-refractivity contribution in [2.75, 3.05) is 10.2 Å². The van der Waals surface area contributed by atoms with Crippen LogP contribution in [0.5, 0.6) is 0 Å². The lowest BCUT2D eigenvalue weighted by molar-refractivity contribution is -0.114. The highest BCUT2D eigenvalue weighted by Crippen LogP contribution is 2.33. The fourth-order valence-electron chi connectivity index (χ4n) is 3.16. The van der Waals surface area contributed by atoms with Crippen molar-refractivity contribution in [2.45, 2.75) is 6.54 Å². The molecule has 0 saturated heterocycles. The predicted molar refractivity (Wildman–Crippen MR) is 113 cm³/mol. The fraction of sp³-hybridized carbons (Fsp3) is 0.0455. The SMILES string of the molecule is O=C(Nc1ccc2c(c1)C(=O)C(=O)N2Cc1ccc(Cl)c(Cl)c1)c1ccc(F)cc1. The number of rotatable bonds is 4. The van der Waals surface area contributed by atoms with Crippen LogP contribution in [0.15, 0.2) is 60.7 Å². The molecule has 1 aliphatic rings. The van der Waals surface area contributed by atoms with Gasteiger partial charge < -0.3 is 10.2 Å². The summed E-state index contributed by atoms with van der Waals surface area (Å²) in [6.07, 6.45) is 0. The molecule has 2 amide bonds. The molecule has 30 heavy (non-hydrogen) atoms. The predicted octanol–water partition coefficient (Wildman–Crippen LogP) is 5.11. The third-order valence-corrected chi connectivity index (χ3v) is 5.40. The molecule has 0 fully saturated rings. The van der Waals surface area contributed by atoms with Gasteiger partial charge in [0.15, 0.2) is 0 Å². The molecule has 1 aliphatic heterocycles. The van der Waals surface area contributed by atoms with E-state index in [-0.39, 0.29) is 17.7 Å². The van der Waals surface area contributed by atoms with Crippen molar-refractivity contribution in [2.24, 2.45) is 0 Å². The maximum atomic E-state index is 13.0. The molecule has 5 nitrogen and oxygen atoms in total. The zero-order valence-electron chi connectivity index (χ0n) is 15.3. The van der Waals surface area contributed by atoms with Crippen LogP contribution in [0.1, 0.15) is 26.3 Å². The molecule has 1 heterocycles. The molecule has 0 spiro atoms. The Bertz CT molecular complexity index is 1200. The molecule has 0 atom stereocenters. The summed E-state index contributed by atoms with van der Waals surface area (Å²) in [6.45, 7) is 0.149. The first-order chi connectivity index (χ1) is 14.3. The second-order valence-corrected chi connectivity index (χ2v) is 7.48. The highest BCUT2D eigenvalue weighted by Gasteiger charge is 2.36. The van der Waals surface area contributed by atoms with Crippen LogP contribution in [0.25, 0.3) is 0 Å². The number of nitrogens with one attached hydrogen (secondary N) is 1. The molecule has 4 rings (SSSR count). The number of halogens is 3. The summed E-state index contributed by atoms with van der Waals surface area (Å²) in [5.41, 5.74) is 1.96. The molecule has 0 radical (unpaired) electrons. The Morgan fingerprint density at radius 1 is 0.933 bits per heavy atom. The van der Waals surface area contributed by atoms with Gasteiger partial charge >= 0.3 is 0 Å². The molecule has 0 saturated carbocycles. The van der Waals surface area contributed by atoms with Crippen molar-refractivity contribution >= 4 is 52.2 Å². The minimum Gasteiger partial charge on any atom is -0.322 e. The monoisotopic (exact) mass is 442 g/mol. The van der Waals surface area contributed by atoms with Gasteiger partial charge in [-0.15, -0.1) is 0 Å². The summed E-state index contributed by atoms with van der Waals surface area (Å²) in [5.74, 6) is -2.24. The number of benzene rings is 3. The Morgan fingerprint density at radius 3 is 2.37 bits per heavy atom. The Hall–Kier alpha value is -3.22. The normalized spacial score (nSPS) is 12.8. The van der Waals surface area contributed by atoms with E-state index in [1.54, 1.807) is 30.3 Å². The van der Waals surface area contributed by atoms with Crippen LogP contribution in [0, 0.1) is 5.82 Å². The minimum absolute atomic E-state index is 0.149. The Morgan fingerprint density at radius 2 is 1.67 bits per heavy atom. The first-order valence-electron chi connectivity index (χ1n) is 8.84. The van der Waals surface area contributed by atoms with E-state index in [4.69, 9.17) is 23.2 Å². The quantitative estimate of drug-likeness (QED) is 0.570. The standard InChI is InChI=1S/C22H13Cl2FN2O3/c23-17-7-1-12(9-18(17)24)11-27-19-8-6-15(10-16(19)20(28)22(27)30)26-21(29)13-2-4-14(25)5-3-13/h1-10H,11H2,(H,26,29). The summed E-state index contributed by atoms with van der Waals surface area (Å²) in [5, 5.41) is 3.39. The zero-order valence-corrected chi connectivity index (χ0v) is 16.8. The van der Waals surface area contributed by atoms with Gasteiger partial charge in [0.25, 0.3) is 17.6 Å². The maximum absolute atomic E-state index is 13.0. The van der Waals surface area contributed by atoms with Crippen molar-refractivity contribution in [1.82, 2.24) is 0 Å². The first kappa shape index (κ1) is 20.1. The summed E-state index contributed by atoms with van der Waals surface area (Å²) >= 11 is 12.0. The molecular formula is C22H13Cl2FN2O3. The van der Waals surface area contributed by atoms with Crippen molar-refractivity contribution < 1.29 is 18.8 Å². The van der Waals surface area contributed by atoms with Crippen molar-refractivity contribution in [3.05, 3.63) is 93.2 Å². The molecule has 8 heteroatoms. The lowest BCUT2D eigenvalue weighted by Gasteiger charge is -2.17. The fourth-order valence-corrected chi connectivity index (χ4v) is 3.48. The number of fused-ring (bicyclic) bond motifs is 1. The van der Waals surface area contributed by atoms with Crippen LogP contribution in [0.2, 0.25) is 10.0 Å². The molecule has 150 valence electrons. The van der Waals surface area contributed by atoms with E-state index in [0.717, 1.165) is 0 Å². The third kappa shape index (κ3) is 3.79. The van der Waals surface area contributed by atoms with Gasteiger partial charge in [0.2, 0.25) is 0 Å². The summed E-state index contributed by atoms with van der Waals surface area (Å²) < 4.78 is 13.0.